The molecule has 2 rings (SSSR count). The van der Waals surface area contributed by atoms with Crippen LogP contribution in [0.3, 0.4) is 0 Å². The van der Waals surface area contributed by atoms with Gasteiger partial charge in [0.05, 0.1) is 6.54 Å². The van der Waals surface area contributed by atoms with Crippen LogP contribution in [0.2, 0.25) is 0 Å². The minimum atomic E-state index is -0.704. The van der Waals surface area contributed by atoms with E-state index in [1.165, 1.54) is 4.90 Å². The van der Waals surface area contributed by atoms with Crippen molar-refractivity contribution in [3.05, 3.63) is 36.2 Å². The number of hydrogen-bond donors (Lipinski definition) is 1. The van der Waals surface area contributed by atoms with Gasteiger partial charge in [-0.05, 0) is 41.5 Å². The first-order valence-corrected chi connectivity index (χ1v) is 9.33. The third-order valence-corrected chi connectivity index (χ3v) is 3.39. The van der Waals surface area contributed by atoms with Gasteiger partial charge in [0.25, 0.3) is 0 Å². The van der Waals surface area contributed by atoms with Gasteiger partial charge in [0.15, 0.2) is 5.82 Å². The fourth-order valence-electron chi connectivity index (χ4n) is 2.33. The lowest BCUT2D eigenvalue weighted by atomic mass is 10.1. The lowest BCUT2D eigenvalue weighted by Gasteiger charge is -2.28. The first-order valence-electron chi connectivity index (χ1n) is 9.33. The minimum Gasteiger partial charge on any atom is -0.444 e. The number of nitrogens with zero attached hydrogens (tertiary/aromatic N) is 5. The molecule has 0 spiro atoms. The maximum atomic E-state index is 12.6. The number of carbonyl (C=O) groups excluding carboxylic acids is 2. The monoisotopic (exact) mass is 400 g/mol. The Balaban J connectivity index is 2.15. The van der Waals surface area contributed by atoms with Gasteiger partial charge < -0.3 is 10.1 Å². The summed E-state index contributed by atoms with van der Waals surface area (Å²) < 4.78 is 5.41. The van der Waals surface area contributed by atoms with Crippen LogP contribution in [0, 0.1) is 0 Å². The highest BCUT2D eigenvalue weighted by molar-refractivity contribution is 5.82. The topological polar surface area (TPSA) is 110 Å². The number of aromatic nitrogens is 4. The second kappa shape index (κ2) is 8.93. The zero-order chi connectivity index (χ0) is 21.7. The van der Waals surface area contributed by atoms with E-state index >= 15 is 0 Å². The summed E-state index contributed by atoms with van der Waals surface area (Å²) in [6.07, 6.45) is -0.641. The molecule has 0 fully saturated rings. The molecule has 1 heterocycles. The summed E-state index contributed by atoms with van der Waals surface area (Å²) in [5, 5.41) is 19.1. The first kappa shape index (κ1) is 22.2. The fourth-order valence-corrected chi connectivity index (χ4v) is 2.33. The Labute approximate surface area is 170 Å². The number of carbonyl (C=O) groups is 2. The van der Waals surface area contributed by atoms with Gasteiger partial charge in [0, 0.05) is 11.1 Å². The smallest absolute Gasteiger partial charge is 0.411 e. The molecule has 0 aliphatic rings. The van der Waals surface area contributed by atoms with Crippen molar-refractivity contribution < 1.29 is 14.3 Å². The molecule has 1 aromatic heterocycles. The first-order chi connectivity index (χ1) is 13.4. The third kappa shape index (κ3) is 7.81. The van der Waals surface area contributed by atoms with E-state index in [9.17, 15) is 9.59 Å². The van der Waals surface area contributed by atoms with Gasteiger partial charge in [-0.3, -0.25) is 9.69 Å². The van der Waals surface area contributed by atoms with Crippen LogP contribution >= 0.6 is 0 Å². The maximum Gasteiger partial charge on any atom is 0.411 e. The molecule has 0 aliphatic heterocycles. The predicted molar refractivity (Wildman–Crippen MR) is 108 cm³/mol. The Hall–Kier alpha value is -3.10. The molecule has 1 aromatic carbocycles. The number of amides is 2. The van der Waals surface area contributed by atoms with Crippen LogP contribution in [0.1, 0.15) is 47.4 Å². The molecule has 9 heteroatoms. The summed E-state index contributed by atoms with van der Waals surface area (Å²) in [4.78, 5) is 26.1. The highest BCUT2D eigenvalue weighted by atomic mass is 16.6. The van der Waals surface area contributed by atoms with Crippen molar-refractivity contribution in [3.63, 3.8) is 0 Å². The molecule has 9 nitrogen and oxygen atoms in total. The highest BCUT2D eigenvalue weighted by Gasteiger charge is 2.26. The van der Waals surface area contributed by atoms with Crippen LogP contribution in [0.15, 0.2) is 30.3 Å². The number of benzene rings is 1. The molecule has 2 amide bonds. The van der Waals surface area contributed by atoms with E-state index in [1.807, 2.05) is 51.1 Å². The summed E-state index contributed by atoms with van der Waals surface area (Å²) in [7, 11) is 0. The van der Waals surface area contributed by atoms with Crippen molar-refractivity contribution in [1.82, 2.24) is 30.6 Å². The van der Waals surface area contributed by atoms with E-state index < -0.39 is 17.2 Å². The molecule has 0 unspecified atom stereocenters. The van der Waals surface area contributed by atoms with Crippen LogP contribution < -0.4 is 5.32 Å². The molecule has 1 N–H and O–H groups in total. The van der Waals surface area contributed by atoms with Gasteiger partial charge in [-0.15, -0.1) is 20.4 Å². The van der Waals surface area contributed by atoms with Gasteiger partial charge in [-0.2, -0.15) is 0 Å². The Morgan fingerprint density at radius 2 is 1.55 bits per heavy atom. The summed E-state index contributed by atoms with van der Waals surface area (Å²) in [5.74, 6) is 0.271. The summed E-state index contributed by atoms with van der Waals surface area (Å²) in [6, 6.07) is 9.32. The molecule has 2 aromatic rings. The number of rotatable bonds is 5. The van der Waals surface area contributed by atoms with E-state index in [0.29, 0.717) is 5.82 Å². The molecule has 0 atom stereocenters. The van der Waals surface area contributed by atoms with Crippen LogP contribution in [0.25, 0.3) is 11.4 Å². The van der Waals surface area contributed by atoms with E-state index in [2.05, 4.69) is 25.7 Å². The SMILES string of the molecule is CC(C)(C)NC(=O)CN(Cc1nnc(-c2ccccc2)nn1)C(=O)OC(C)(C)C. The number of ether oxygens (including phenoxy) is 1. The van der Waals surface area contributed by atoms with Crippen molar-refractivity contribution in [1.29, 1.82) is 0 Å². The van der Waals surface area contributed by atoms with E-state index in [4.69, 9.17) is 4.74 Å². The van der Waals surface area contributed by atoms with Crippen molar-refractivity contribution in [2.24, 2.45) is 0 Å². The average Bonchev–Trinajstić information content (AvgIpc) is 2.59. The van der Waals surface area contributed by atoms with Gasteiger partial charge in [-0.1, -0.05) is 30.3 Å². The van der Waals surface area contributed by atoms with Gasteiger partial charge in [-0.25, -0.2) is 4.79 Å². The number of hydrogen-bond acceptors (Lipinski definition) is 7. The van der Waals surface area contributed by atoms with Gasteiger partial charge >= 0.3 is 6.09 Å². The Morgan fingerprint density at radius 3 is 2.07 bits per heavy atom. The highest BCUT2D eigenvalue weighted by Crippen LogP contribution is 2.13. The van der Waals surface area contributed by atoms with Crippen molar-refractivity contribution in [3.8, 4) is 11.4 Å². The fraction of sp³-hybridized carbons (Fsp3) is 0.500. The minimum absolute atomic E-state index is 0.0540. The third-order valence-electron chi connectivity index (χ3n) is 3.39. The van der Waals surface area contributed by atoms with Crippen molar-refractivity contribution in [2.45, 2.75) is 59.2 Å². The summed E-state index contributed by atoms with van der Waals surface area (Å²) in [5.41, 5.74) is -0.342. The van der Waals surface area contributed by atoms with Crippen molar-refractivity contribution >= 4 is 12.0 Å². The Kier molecular flexibility index (Phi) is 6.84. The van der Waals surface area contributed by atoms with E-state index in [0.717, 1.165) is 5.56 Å². The molecule has 0 radical (unpaired) electrons. The van der Waals surface area contributed by atoms with Gasteiger partial charge in [0.2, 0.25) is 11.7 Å². The lowest BCUT2D eigenvalue weighted by Crippen LogP contribution is -2.48. The van der Waals surface area contributed by atoms with Gasteiger partial charge in [0.1, 0.15) is 12.1 Å². The molecule has 0 aliphatic carbocycles. The van der Waals surface area contributed by atoms with Crippen LogP contribution in [-0.4, -0.2) is 55.0 Å². The van der Waals surface area contributed by atoms with Crippen LogP contribution in [-0.2, 0) is 16.1 Å². The normalized spacial score (nSPS) is 11.7. The number of nitrogens with one attached hydrogen (secondary N) is 1. The van der Waals surface area contributed by atoms with E-state index in [-0.39, 0.29) is 24.8 Å². The maximum absolute atomic E-state index is 12.6. The second-order valence-electron chi connectivity index (χ2n) is 8.64. The molecule has 156 valence electrons. The second-order valence-corrected chi connectivity index (χ2v) is 8.64. The van der Waals surface area contributed by atoms with E-state index in [1.54, 1.807) is 20.8 Å². The van der Waals surface area contributed by atoms with Crippen LogP contribution in [0.4, 0.5) is 4.79 Å². The zero-order valence-electron chi connectivity index (χ0n) is 17.8. The lowest BCUT2D eigenvalue weighted by molar-refractivity contribution is -0.123. The zero-order valence-corrected chi connectivity index (χ0v) is 17.8. The van der Waals surface area contributed by atoms with Crippen LogP contribution in [0.5, 0.6) is 0 Å². The average molecular weight is 400 g/mol. The molecule has 0 saturated carbocycles. The Bertz CT molecular complexity index is 826. The summed E-state index contributed by atoms with van der Waals surface area (Å²) >= 11 is 0. The molecule has 29 heavy (non-hydrogen) atoms. The molecule has 0 bridgehead atoms. The standard InChI is InChI=1S/C20H28N6O3/c1-19(2,3)21-16(27)13-26(18(28)29-20(4,5)6)12-15-22-24-17(25-23-15)14-10-8-7-9-11-14/h7-11H,12-13H2,1-6H3,(H,21,27). The van der Waals surface area contributed by atoms with Crippen molar-refractivity contribution in [2.75, 3.05) is 6.54 Å². The predicted octanol–water partition coefficient (Wildman–Crippen LogP) is 2.59. The molecular weight excluding hydrogens is 372 g/mol. The molecule has 0 saturated heterocycles. The quantitative estimate of drug-likeness (QED) is 0.821. The summed E-state index contributed by atoms with van der Waals surface area (Å²) in [6.45, 7) is 10.6. The molecular formula is C20H28N6O3. The largest absolute Gasteiger partial charge is 0.444 e. The Morgan fingerprint density at radius 1 is 0.966 bits per heavy atom.